The molecule has 53 valence electrons. The molecule has 2 nitrogen and oxygen atoms in total. The number of carboxylic acids is 1. The van der Waals surface area contributed by atoms with Crippen LogP contribution in [0.1, 0.15) is 26.7 Å². The zero-order chi connectivity index (χ0) is 7.28. The summed E-state index contributed by atoms with van der Waals surface area (Å²) >= 11 is 0. The molecule has 0 saturated heterocycles. The van der Waals surface area contributed by atoms with Crippen LogP contribution >= 0.6 is 0 Å². The van der Waals surface area contributed by atoms with Gasteiger partial charge in [0.05, 0.1) is 0 Å². The van der Waals surface area contributed by atoms with Gasteiger partial charge >= 0.3 is 5.97 Å². The summed E-state index contributed by atoms with van der Waals surface area (Å²) in [5.74, 6) is -0.212. The highest BCUT2D eigenvalue weighted by atomic mass is 16.4. The van der Waals surface area contributed by atoms with Crippen LogP contribution in [-0.4, -0.2) is 11.1 Å². The highest BCUT2D eigenvalue weighted by molar-refractivity contribution is 5.66. The van der Waals surface area contributed by atoms with Crippen molar-refractivity contribution in [3.8, 4) is 0 Å². The van der Waals surface area contributed by atoms with Crippen molar-refractivity contribution in [2.24, 2.45) is 5.92 Å². The second-order valence-electron chi connectivity index (χ2n) is 2.41. The van der Waals surface area contributed by atoms with Gasteiger partial charge in [0.2, 0.25) is 0 Å². The molecule has 0 aromatic carbocycles. The summed E-state index contributed by atoms with van der Waals surface area (Å²) < 4.78 is 0. The fourth-order valence-electron chi connectivity index (χ4n) is 0.540. The van der Waals surface area contributed by atoms with Crippen LogP contribution in [0.2, 0.25) is 0 Å². The molecule has 0 aliphatic carbocycles. The van der Waals surface area contributed by atoms with Gasteiger partial charge in [-0.15, -0.1) is 0 Å². The Morgan fingerprint density at radius 1 is 1.67 bits per heavy atom. The molecule has 0 rings (SSSR count). The van der Waals surface area contributed by atoms with E-state index in [1.165, 1.54) is 0 Å². The summed E-state index contributed by atoms with van der Waals surface area (Å²) in [7, 11) is 0. The van der Waals surface area contributed by atoms with E-state index in [1.54, 1.807) is 0 Å². The molecule has 0 fully saturated rings. The maximum atomic E-state index is 9.96. The topological polar surface area (TPSA) is 37.3 Å². The highest BCUT2D eigenvalue weighted by Gasteiger charge is 1.98. The third-order valence-corrected chi connectivity index (χ3v) is 0.996. The standard InChI is InChI=1S/C7H13O2/c1-6(2)4-3-5-7(8)9/h4,6H,3,5H2,1-2H3,(H,8,9). The Hall–Kier alpha value is -0.530. The molecular weight excluding hydrogens is 116 g/mol. The van der Waals surface area contributed by atoms with E-state index < -0.39 is 5.97 Å². The predicted molar refractivity (Wildman–Crippen MR) is 36.0 cm³/mol. The predicted octanol–water partition coefficient (Wildman–Crippen LogP) is 1.71. The Morgan fingerprint density at radius 2 is 2.22 bits per heavy atom. The molecule has 0 bridgehead atoms. The largest absolute Gasteiger partial charge is 0.481 e. The number of hydrogen-bond acceptors (Lipinski definition) is 1. The number of aliphatic carboxylic acids is 1. The molecule has 0 aromatic heterocycles. The molecular formula is C7H13O2. The minimum Gasteiger partial charge on any atom is -0.481 e. The summed E-state index contributed by atoms with van der Waals surface area (Å²) in [6.45, 7) is 4.09. The van der Waals surface area contributed by atoms with Crippen LogP contribution in [0.25, 0.3) is 0 Å². The molecule has 0 heterocycles. The first-order valence-corrected chi connectivity index (χ1v) is 3.18. The molecule has 0 atom stereocenters. The molecule has 0 spiro atoms. The fourth-order valence-corrected chi connectivity index (χ4v) is 0.540. The first kappa shape index (κ1) is 8.47. The van der Waals surface area contributed by atoms with Crippen molar-refractivity contribution < 1.29 is 9.90 Å². The molecule has 0 aromatic rings. The van der Waals surface area contributed by atoms with Gasteiger partial charge in [0, 0.05) is 6.42 Å². The first-order chi connectivity index (χ1) is 4.13. The van der Waals surface area contributed by atoms with Crippen molar-refractivity contribution in [1.82, 2.24) is 0 Å². The maximum absolute atomic E-state index is 9.96. The molecule has 0 saturated carbocycles. The minimum absolute atomic E-state index is 0.262. The zero-order valence-electron chi connectivity index (χ0n) is 5.92. The van der Waals surface area contributed by atoms with Crippen molar-refractivity contribution in [2.75, 3.05) is 0 Å². The van der Waals surface area contributed by atoms with Crippen LogP contribution in [0.15, 0.2) is 0 Å². The summed E-state index contributed by atoms with van der Waals surface area (Å²) in [4.78, 5) is 9.96. The van der Waals surface area contributed by atoms with Crippen molar-refractivity contribution in [2.45, 2.75) is 26.7 Å². The Kier molecular flexibility index (Phi) is 4.10. The van der Waals surface area contributed by atoms with E-state index in [1.807, 2.05) is 20.3 Å². The molecule has 9 heavy (non-hydrogen) atoms. The lowest BCUT2D eigenvalue weighted by Gasteiger charge is -1.99. The molecule has 0 aliphatic rings. The van der Waals surface area contributed by atoms with Crippen molar-refractivity contribution in [3.63, 3.8) is 0 Å². The lowest BCUT2D eigenvalue weighted by Crippen LogP contribution is -1.96. The summed E-state index contributed by atoms with van der Waals surface area (Å²) in [6.07, 6.45) is 2.96. The minimum atomic E-state index is -0.716. The van der Waals surface area contributed by atoms with E-state index >= 15 is 0 Å². The lowest BCUT2D eigenvalue weighted by molar-refractivity contribution is -0.137. The SMILES string of the molecule is CC(C)[CH]CCC(=O)O. The second kappa shape index (κ2) is 4.36. The summed E-state index contributed by atoms with van der Waals surface area (Å²) in [5, 5.41) is 8.21. The molecule has 0 aliphatic heterocycles. The molecule has 1 radical (unpaired) electrons. The summed E-state index contributed by atoms with van der Waals surface area (Å²) in [6, 6.07) is 0. The van der Waals surface area contributed by atoms with Gasteiger partial charge in [-0.05, 0) is 18.8 Å². The van der Waals surface area contributed by atoms with Gasteiger partial charge in [0.25, 0.3) is 0 Å². The van der Waals surface area contributed by atoms with Crippen LogP contribution in [0.4, 0.5) is 0 Å². The van der Waals surface area contributed by atoms with Gasteiger partial charge in [0.1, 0.15) is 0 Å². The van der Waals surface area contributed by atoms with Gasteiger partial charge in [-0.25, -0.2) is 0 Å². The van der Waals surface area contributed by atoms with Gasteiger partial charge in [-0.1, -0.05) is 13.8 Å². The normalized spacial score (nSPS) is 10.1. The average Bonchev–Trinajstić information content (AvgIpc) is 1.63. The Labute approximate surface area is 55.9 Å². The van der Waals surface area contributed by atoms with Crippen LogP contribution in [0, 0.1) is 12.3 Å². The highest BCUT2D eigenvalue weighted by Crippen LogP contribution is 2.03. The third kappa shape index (κ3) is 7.47. The van der Waals surface area contributed by atoms with Crippen molar-refractivity contribution in [1.29, 1.82) is 0 Å². The van der Waals surface area contributed by atoms with Crippen LogP contribution < -0.4 is 0 Å². The molecule has 0 amide bonds. The quantitative estimate of drug-likeness (QED) is 0.627. The Bertz CT molecular complexity index is 86.9. The number of hydrogen-bond donors (Lipinski definition) is 1. The smallest absolute Gasteiger partial charge is 0.303 e. The van der Waals surface area contributed by atoms with Crippen LogP contribution in [0.5, 0.6) is 0 Å². The van der Waals surface area contributed by atoms with Crippen LogP contribution in [-0.2, 0) is 4.79 Å². The van der Waals surface area contributed by atoms with E-state index in [4.69, 9.17) is 5.11 Å². The Morgan fingerprint density at radius 3 is 2.56 bits per heavy atom. The second-order valence-corrected chi connectivity index (χ2v) is 2.41. The summed E-state index contributed by atoms with van der Waals surface area (Å²) in [5.41, 5.74) is 0. The average molecular weight is 129 g/mol. The monoisotopic (exact) mass is 129 g/mol. The number of rotatable bonds is 4. The molecule has 0 unspecified atom stereocenters. The maximum Gasteiger partial charge on any atom is 0.303 e. The lowest BCUT2D eigenvalue weighted by atomic mass is 10.1. The zero-order valence-corrected chi connectivity index (χ0v) is 5.92. The first-order valence-electron chi connectivity index (χ1n) is 3.18. The van der Waals surface area contributed by atoms with E-state index in [0.717, 1.165) is 0 Å². The van der Waals surface area contributed by atoms with Gasteiger partial charge in [0.15, 0.2) is 0 Å². The van der Waals surface area contributed by atoms with Gasteiger partial charge < -0.3 is 5.11 Å². The van der Waals surface area contributed by atoms with E-state index in [0.29, 0.717) is 12.3 Å². The Balaban J connectivity index is 3.01. The third-order valence-electron chi connectivity index (χ3n) is 0.996. The number of carboxylic acid groups (broad SMARTS) is 1. The fraction of sp³-hybridized carbons (Fsp3) is 0.714. The van der Waals surface area contributed by atoms with E-state index in [-0.39, 0.29) is 6.42 Å². The van der Waals surface area contributed by atoms with E-state index in [2.05, 4.69) is 0 Å². The van der Waals surface area contributed by atoms with E-state index in [9.17, 15) is 4.79 Å². The molecule has 1 N–H and O–H groups in total. The number of carbonyl (C=O) groups is 1. The van der Waals surface area contributed by atoms with Crippen molar-refractivity contribution in [3.05, 3.63) is 6.42 Å². The van der Waals surface area contributed by atoms with Gasteiger partial charge in [-0.3, -0.25) is 4.79 Å². The molecule has 2 heteroatoms. The van der Waals surface area contributed by atoms with Crippen LogP contribution in [0.3, 0.4) is 0 Å². The van der Waals surface area contributed by atoms with Gasteiger partial charge in [-0.2, -0.15) is 0 Å². The van der Waals surface area contributed by atoms with Crippen molar-refractivity contribution >= 4 is 5.97 Å².